The van der Waals surface area contributed by atoms with Gasteiger partial charge in [0.1, 0.15) is 6.04 Å². The quantitative estimate of drug-likeness (QED) is 0.894. The lowest BCUT2D eigenvalue weighted by atomic mass is 10.2. The highest BCUT2D eigenvalue weighted by Gasteiger charge is 2.33. The van der Waals surface area contributed by atoms with Gasteiger partial charge in [-0.15, -0.1) is 0 Å². The Kier molecular flexibility index (Phi) is 4.42. The Labute approximate surface area is 119 Å². The first kappa shape index (κ1) is 13.9. The molecule has 1 aromatic rings. The molecule has 2 amide bonds. The minimum absolute atomic E-state index is 0.312. The zero-order valence-electron chi connectivity index (χ0n) is 10.3. The molecule has 1 aliphatic rings. The second kappa shape index (κ2) is 6.06. The molecule has 0 spiro atoms. The van der Waals surface area contributed by atoms with Crippen LogP contribution in [0.5, 0.6) is 0 Å². The molecule has 6 heteroatoms. The lowest BCUT2D eigenvalue weighted by Crippen LogP contribution is -2.45. The number of hydrogen-bond acceptors (Lipinski definition) is 2. The zero-order chi connectivity index (χ0) is 13.8. The summed E-state index contributed by atoms with van der Waals surface area (Å²) in [6.45, 7) is 0.901. The van der Waals surface area contributed by atoms with E-state index in [9.17, 15) is 9.59 Å². The highest BCUT2D eigenvalue weighted by molar-refractivity contribution is 9.10. The van der Waals surface area contributed by atoms with Crippen molar-refractivity contribution in [2.75, 3.05) is 6.54 Å². The van der Waals surface area contributed by atoms with Crippen LogP contribution in [0.15, 0.2) is 28.7 Å². The summed E-state index contributed by atoms with van der Waals surface area (Å²) in [6, 6.07) is 6.61. The van der Waals surface area contributed by atoms with Crippen molar-refractivity contribution in [2.24, 2.45) is 0 Å². The van der Waals surface area contributed by atoms with E-state index in [1.165, 1.54) is 4.90 Å². The molecule has 1 aliphatic heterocycles. The number of benzene rings is 1. The summed E-state index contributed by atoms with van der Waals surface area (Å²) in [4.78, 5) is 24.3. The van der Waals surface area contributed by atoms with Crippen molar-refractivity contribution in [3.05, 3.63) is 34.3 Å². The third-order valence-corrected chi connectivity index (χ3v) is 3.68. The normalized spacial score (nSPS) is 18.4. The first-order valence-electron chi connectivity index (χ1n) is 6.09. The maximum atomic E-state index is 11.9. The average molecular weight is 327 g/mol. The van der Waals surface area contributed by atoms with Crippen molar-refractivity contribution in [2.45, 2.75) is 25.4 Å². The van der Waals surface area contributed by atoms with E-state index in [0.29, 0.717) is 19.5 Å². The SMILES string of the molecule is O=C(O)C1CCCN1C(=O)NCc1ccc(Br)cc1. The number of aliphatic carboxylic acids is 1. The average Bonchev–Trinajstić information content (AvgIpc) is 2.87. The number of urea groups is 1. The number of nitrogens with one attached hydrogen (secondary N) is 1. The van der Waals surface area contributed by atoms with Gasteiger partial charge in [0.2, 0.25) is 0 Å². The largest absolute Gasteiger partial charge is 0.480 e. The van der Waals surface area contributed by atoms with Crippen molar-refractivity contribution in [3.63, 3.8) is 0 Å². The Balaban J connectivity index is 1.90. The molecule has 0 bridgehead atoms. The standard InChI is InChI=1S/C13H15BrN2O3/c14-10-5-3-9(4-6-10)8-15-13(19)16-7-1-2-11(16)12(17)18/h3-6,11H,1-2,7-8H2,(H,15,19)(H,17,18). The topological polar surface area (TPSA) is 69.6 Å². The van der Waals surface area contributed by atoms with Gasteiger partial charge < -0.3 is 15.3 Å². The summed E-state index contributed by atoms with van der Waals surface area (Å²) >= 11 is 3.34. The maximum Gasteiger partial charge on any atom is 0.326 e. The number of amides is 2. The molecule has 0 aromatic heterocycles. The van der Waals surface area contributed by atoms with E-state index >= 15 is 0 Å². The molecule has 1 atom stereocenters. The van der Waals surface area contributed by atoms with Crippen LogP contribution in [0.25, 0.3) is 0 Å². The predicted octanol–water partition coefficient (Wildman–Crippen LogP) is 2.21. The molecule has 102 valence electrons. The molecule has 2 rings (SSSR count). The fourth-order valence-corrected chi connectivity index (χ4v) is 2.41. The van der Waals surface area contributed by atoms with Crippen molar-refractivity contribution < 1.29 is 14.7 Å². The van der Waals surface area contributed by atoms with E-state index in [-0.39, 0.29) is 6.03 Å². The molecule has 0 radical (unpaired) electrons. The smallest absolute Gasteiger partial charge is 0.326 e. The summed E-state index contributed by atoms with van der Waals surface area (Å²) < 4.78 is 0.980. The van der Waals surface area contributed by atoms with Crippen molar-refractivity contribution >= 4 is 27.9 Å². The highest BCUT2D eigenvalue weighted by atomic mass is 79.9. The number of carboxylic acid groups (broad SMARTS) is 1. The molecule has 1 fully saturated rings. The zero-order valence-corrected chi connectivity index (χ0v) is 11.9. The third-order valence-electron chi connectivity index (χ3n) is 3.16. The van der Waals surface area contributed by atoms with Gasteiger partial charge in [-0.3, -0.25) is 0 Å². The molecule has 19 heavy (non-hydrogen) atoms. The van der Waals surface area contributed by atoms with Gasteiger partial charge in [0.05, 0.1) is 0 Å². The summed E-state index contributed by atoms with van der Waals surface area (Å²) in [5.41, 5.74) is 0.975. The number of likely N-dealkylation sites (tertiary alicyclic amines) is 1. The van der Waals surface area contributed by atoms with E-state index in [1.54, 1.807) is 0 Å². The first-order valence-corrected chi connectivity index (χ1v) is 6.89. The lowest BCUT2D eigenvalue weighted by Gasteiger charge is -2.21. The number of carboxylic acids is 1. The minimum Gasteiger partial charge on any atom is -0.480 e. The van der Waals surface area contributed by atoms with Gasteiger partial charge in [-0.2, -0.15) is 0 Å². The van der Waals surface area contributed by atoms with Crippen LogP contribution in [0.4, 0.5) is 4.79 Å². The van der Waals surface area contributed by atoms with Crippen molar-refractivity contribution in [1.29, 1.82) is 0 Å². The van der Waals surface area contributed by atoms with E-state index in [2.05, 4.69) is 21.2 Å². The minimum atomic E-state index is -0.934. The highest BCUT2D eigenvalue weighted by Crippen LogP contribution is 2.17. The molecule has 1 unspecified atom stereocenters. The van der Waals surface area contributed by atoms with Crippen LogP contribution >= 0.6 is 15.9 Å². The third kappa shape index (κ3) is 3.47. The van der Waals surface area contributed by atoms with E-state index in [0.717, 1.165) is 16.5 Å². The van der Waals surface area contributed by atoms with Crippen LogP contribution in [0.2, 0.25) is 0 Å². The maximum absolute atomic E-state index is 11.9. The van der Waals surface area contributed by atoms with Crippen molar-refractivity contribution in [1.82, 2.24) is 10.2 Å². The summed E-state index contributed by atoms with van der Waals surface area (Å²) in [7, 11) is 0. The molecule has 0 aliphatic carbocycles. The van der Waals surface area contributed by atoms with Crippen molar-refractivity contribution in [3.8, 4) is 0 Å². The van der Waals surface area contributed by atoms with Crippen LogP contribution in [0.1, 0.15) is 18.4 Å². The monoisotopic (exact) mass is 326 g/mol. The fourth-order valence-electron chi connectivity index (χ4n) is 2.15. The Hall–Kier alpha value is -1.56. The van der Waals surface area contributed by atoms with Gasteiger partial charge in [-0.05, 0) is 30.5 Å². The van der Waals surface area contributed by atoms with E-state index in [1.807, 2.05) is 24.3 Å². The number of nitrogens with zero attached hydrogens (tertiary/aromatic N) is 1. The number of rotatable bonds is 3. The van der Waals surface area contributed by atoms with Gasteiger partial charge in [0.15, 0.2) is 0 Å². The first-order chi connectivity index (χ1) is 9.08. The van der Waals surface area contributed by atoms with Crippen LogP contribution in [-0.2, 0) is 11.3 Å². The molecule has 1 saturated heterocycles. The van der Waals surface area contributed by atoms with Gasteiger partial charge in [0.25, 0.3) is 0 Å². The van der Waals surface area contributed by atoms with Crippen LogP contribution in [-0.4, -0.2) is 34.6 Å². The molecular weight excluding hydrogens is 312 g/mol. The van der Waals surface area contributed by atoms with Crippen LogP contribution in [0, 0.1) is 0 Å². The second-order valence-corrected chi connectivity index (χ2v) is 5.39. The Morgan fingerprint density at radius 3 is 2.68 bits per heavy atom. The van der Waals surface area contributed by atoms with E-state index in [4.69, 9.17) is 5.11 Å². The Morgan fingerprint density at radius 1 is 1.37 bits per heavy atom. The van der Waals surface area contributed by atoms with Gasteiger partial charge in [-0.25, -0.2) is 9.59 Å². The number of carbonyl (C=O) groups is 2. The molecule has 2 N–H and O–H groups in total. The Bertz CT molecular complexity index is 475. The number of halogens is 1. The lowest BCUT2D eigenvalue weighted by molar-refractivity contribution is -0.141. The second-order valence-electron chi connectivity index (χ2n) is 4.47. The predicted molar refractivity (Wildman–Crippen MR) is 73.7 cm³/mol. The Morgan fingerprint density at radius 2 is 2.05 bits per heavy atom. The molecule has 1 aromatic carbocycles. The van der Waals surface area contributed by atoms with Crippen LogP contribution in [0.3, 0.4) is 0 Å². The molecule has 0 saturated carbocycles. The molecule has 1 heterocycles. The van der Waals surface area contributed by atoms with E-state index < -0.39 is 12.0 Å². The summed E-state index contributed by atoms with van der Waals surface area (Å²) in [5, 5.41) is 11.8. The summed E-state index contributed by atoms with van der Waals surface area (Å²) in [5.74, 6) is -0.934. The van der Waals surface area contributed by atoms with Crippen LogP contribution < -0.4 is 5.32 Å². The number of carbonyl (C=O) groups excluding carboxylic acids is 1. The number of hydrogen-bond donors (Lipinski definition) is 2. The molecular formula is C13H15BrN2O3. The molecule has 5 nitrogen and oxygen atoms in total. The van der Waals surface area contributed by atoms with Gasteiger partial charge >= 0.3 is 12.0 Å². The summed E-state index contributed by atoms with van der Waals surface area (Å²) in [6.07, 6.45) is 1.27. The van der Waals surface area contributed by atoms with Gasteiger partial charge in [0, 0.05) is 17.6 Å². The van der Waals surface area contributed by atoms with Gasteiger partial charge in [-0.1, -0.05) is 28.1 Å². The fraction of sp³-hybridized carbons (Fsp3) is 0.385.